The molecule has 2 rings (SSSR count). The molecule has 5 nitrogen and oxygen atoms in total. The van der Waals surface area contributed by atoms with E-state index in [4.69, 9.17) is 4.74 Å². The zero-order valence-electron chi connectivity index (χ0n) is 12.8. The molecule has 0 aromatic rings. The Kier molecular flexibility index (Phi) is 8.56. The molecule has 1 heterocycles. The summed E-state index contributed by atoms with van der Waals surface area (Å²) in [5.41, 5.74) is 0. The Labute approximate surface area is 133 Å². The summed E-state index contributed by atoms with van der Waals surface area (Å²) in [5, 5.41) is 15.7. The predicted octanol–water partition coefficient (Wildman–Crippen LogP) is 1.23. The van der Waals surface area contributed by atoms with Crippen LogP contribution in [0, 0.1) is 5.92 Å². The van der Waals surface area contributed by atoms with Gasteiger partial charge in [-0.2, -0.15) is 0 Å². The second-order valence-electron chi connectivity index (χ2n) is 6.12. The molecule has 6 heteroatoms. The number of nitrogens with one attached hydrogen (secondary N) is 2. The standard InChI is InChI=1S/C15H28N2O3.ClH/c1-11(20-13-6-4-2-3-5-7-13)15(19)17-9-12-8-16-10-14(12)18;/h11-14,16,18H,2-10H2,1H3,(H,17,19);1H. The third kappa shape index (κ3) is 6.10. The summed E-state index contributed by atoms with van der Waals surface area (Å²) in [6, 6.07) is 0. The van der Waals surface area contributed by atoms with E-state index < -0.39 is 6.10 Å². The number of amides is 1. The molecule has 21 heavy (non-hydrogen) atoms. The highest BCUT2D eigenvalue weighted by Gasteiger charge is 2.26. The van der Waals surface area contributed by atoms with Crippen LogP contribution in [0.5, 0.6) is 0 Å². The molecule has 3 N–H and O–H groups in total. The average Bonchev–Trinajstić information content (AvgIpc) is 2.68. The topological polar surface area (TPSA) is 70.6 Å². The molecule has 3 unspecified atom stereocenters. The first kappa shape index (κ1) is 18.7. The number of hydrogen-bond donors (Lipinski definition) is 3. The van der Waals surface area contributed by atoms with Crippen molar-refractivity contribution in [2.24, 2.45) is 5.92 Å². The highest BCUT2D eigenvalue weighted by atomic mass is 35.5. The zero-order chi connectivity index (χ0) is 14.4. The van der Waals surface area contributed by atoms with Crippen LogP contribution < -0.4 is 10.6 Å². The molecule has 1 aliphatic heterocycles. The molecule has 1 aliphatic carbocycles. The second kappa shape index (κ2) is 9.62. The van der Waals surface area contributed by atoms with E-state index in [1.807, 2.05) is 6.92 Å². The van der Waals surface area contributed by atoms with Crippen LogP contribution in [-0.4, -0.2) is 49.0 Å². The lowest BCUT2D eigenvalue weighted by molar-refractivity contribution is -0.136. The van der Waals surface area contributed by atoms with E-state index in [2.05, 4.69) is 10.6 Å². The number of hydrogen-bond acceptors (Lipinski definition) is 4. The fourth-order valence-electron chi connectivity index (χ4n) is 3.03. The Morgan fingerprint density at radius 3 is 2.52 bits per heavy atom. The minimum absolute atomic E-state index is 0. The van der Waals surface area contributed by atoms with E-state index in [1.165, 1.54) is 25.7 Å². The molecule has 1 amide bonds. The SMILES string of the molecule is CC(OC1CCCCCC1)C(=O)NCC1CNCC1O.Cl. The Morgan fingerprint density at radius 2 is 1.95 bits per heavy atom. The first-order chi connectivity index (χ1) is 9.66. The maximum Gasteiger partial charge on any atom is 0.248 e. The van der Waals surface area contributed by atoms with Crippen LogP contribution in [-0.2, 0) is 9.53 Å². The highest BCUT2D eigenvalue weighted by molar-refractivity contribution is 5.85. The second-order valence-corrected chi connectivity index (χ2v) is 6.12. The number of halogens is 1. The van der Waals surface area contributed by atoms with Gasteiger partial charge in [-0.3, -0.25) is 4.79 Å². The molecule has 0 aromatic heterocycles. The van der Waals surface area contributed by atoms with Crippen molar-refractivity contribution in [1.29, 1.82) is 0 Å². The molecule has 124 valence electrons. The molecule has 1 saturated carbocycles. The van der Waals surface area contributed by atoms with Gasteiger partial charge in [0, 0.05) is 25.6 Å². The summed E-state index contributed by atoms with van der Waals surface area (Å²) in [5.74, 6) is 0.0531. The summed E-state index contributed by atoms with van der Waals surface area (Å²) in [4.78, 5) is 12.0. The van der Waals surface area contributed by atoms with Gasteiger partial charge in [0.1, 0.15) is 6.10 Å². The molecule has 0 aromatic carbocycles. The number of carbonyl (C=O) groups is 1. The maximum absolute atomic E-state index is 12.0. The molecule has 3 atom stereocenters. The van der Waals surface area contributed by atoms with Gasteiger partial charge in [0.25, 0.3) is 0 Å². The number of rotatable bonds is 5. The lowest BCUT2D eigenvalue weighted by atomic mass is 10.1. The van der Waals surface area contributed by atoms with Gasteiger partial charge in [-0.15, -0.1) is 12.4 Å². The lowest BCUT2D eigenvalue weighted by Gasteiger charge is -2.22. The van der Waals surface area contributed by atoms with E-state index in [-0.39, 0.29) is 36.4 Å². The van der Waals surface area contributed by atoms with E-state index >= 15 is 0 Å². The van der Waals surface area contributed by atoms with Crippen LogP contribution >= 0.6 is 12.4 Å². The van der Waals surface area contributed by atoms with Crippen LogP contribution in [0.3, 0.4) is 0 Å². The largest absolute Gasteiger partial charge is 0.391 e. The van der Waals surface area contributed by atoms with Crippen LogP contribution in [0.25, 0.3) is 0 Å². The fourth-order valence-corrected chi connectivity index (χ4v) is 3.03. The van der Waals surface area contributed by atoms with E-state index in [9.17, 15) is 9.90 Å². The van der Waals surface area contributed by atoms with Crippen molar-refractivity contribution >= 4 is 18.3 Å². The summed E-state index contributed by atoms with van der Waals surface area (Å²) in [7, 11) is 0. The number of aliphatic hydroxyl groups is 1. The van der Waals surface area contributed by atoms with Crippen LogP contribution in [0.15, 0.2) is 0 Å². The van der Waals surface area contributed by atoms with Crippen molar-refractivity contribution < 1.29 is 14.6 Å². The quantitative estimate of drug-likeness (QED) is 0.666. The maximum atomic E-state index is 12.0. The molecule has 1 saturated heterocycles. The molecule has 2 aliphatic rings. The minimum Gasteiger partial charge on any atom is -0.391 e. The summed E-state index contributed by atoms with van der Waals surface area (Å²) >= 11 is 0. The minimum atomic E-state index is -0.399. The number of ether oxygens (including phenoxy) is 1. The average molecular weight is 321 g/mol. The van der Waals surface area contributed by atoms with Gasteiger partial charge >= 0.3 is 0 Å². The molecular weight excluding hydrogens is 292 g/mol. The van der Waals surface area contributed by atoms with E-state index in [0.29, 0.717) is 13.1 Å². The molecular formula is C15H29ClN2O3. The van der Waals surface area contributed by atoms with Gasteiger partial charge in [0.05, 0.1) is 12.2 Å². The monoisotopic (exact) mass is 320 g/mol. The van der Waals surface area contributed by atoms with Crippen molar-refractivity contribution in [3.8, 4) is 0 Å². The van der Waals surface area contributed by atoms with Crippen molar-refractivity contribution in [3.05, 3.63) is 0 Å². The third-order valence-corrected chi connectivity index (χ3v) is 4.41. The summed E-state index contributed by atoms with van der Waals surface area (Å²) < 4.78 is 5.88. The first-order valence-electron chi connectivity index (χ1n) is 7.98. The van der Waals surface area contributed by atoms with Crippen LogP contribution in [0.1, 0.15) is 45.4 Å². The molecule has 0 bridgehead atoms. The van der Waals surface area contributed by atoms with Crippen LogP contribution in [0.4, 0.5) is 0 Å². The van der Waals surface area contributed by atoms with Crippen molar-refractivity contribution in [2.75, 3.05) is 19.6 Å². The highest BCUT2D eigenvalue weighted by Crippen LogP contribution is 2.21. The first-order valence-corrected chi connectivity index (χ1v) is 7.98. The van der Waals surface area contributed by atoms with Crippen LogP contribution in [0.2, 0.25) is 0 Å². The molecule has 2 fully saturated rings. The van der Waals surface area contributed by atoms with Crippen molar-refractivity contribution in [1.82, 2.24) is 10.6 Å². The third-order valence-electron chi connectivity index (χ3n) is 4.41. The number of β-amino-alcohol motifs (C(OH)–C–C–N with tert-alkyl or cyclic N) is 1. The van der Waals surface area contributed by atoms with Gasteiger partial charge in [-0.25, -0.2) is 0 Å². The normalized spacial score (nSPS) is 28.5. The Hall–Kier alpha value is -0.360. The zero-order valence-corrected chi connectivity index (χ0v) is 13.7. The van der Waals surface area contributed by atoms with Crippen molar-refractivity contribution in [2.45, 2.75) is 63.8 Å². The number of carbonyl (C=O) groups excluding carboxylic acids is 1. The summed E-state index contributed by atoms with van der Waals surface area (Å²) in [6.45, 7) is 3.73. The van der Waals surface area contributed by atoms with Gasteiger partial charge in [0.15, 0.2) is 0 Å². The Morgan fingerprint density at radius 1 is 1.29 bits per heavy atom. The van der Waals surface area contributed by atoms with Gasteiger partial charge in [-0.05, 0) is 19.8 Å². The number of aliphatic hydroxyl groups excluding tert-OH is 1. The van der Waals surface area contributed by atoms with E-state index in [1.54, 1.807) is 0 Å². The van der Waals surface area contributed by atoms with Crippen molar-refractivity contribution in [3.63, 3.8) is 0 Å². The Bertz CT molecular complexity index is 309. The Balaban J connectivity index is 0.00000220. The smallest absolute Gasteiger partial charge is 0.248 e. The van der Waals surface area contributed by atoms with E-state index in [0.717, 1.165) is 19.4 Å². The molecule has 0 radical (unpaired) electrons. The lowest BCUT2D eigenvalue weighted by Crippen LogP contribution is -2.41. The van der Waals surface area contributed by atoms with Gasteiger partial charge in [0.2, 0.25) is 5.91 Å². The van der Waals surface area contributed by atoms with Gasteiger partial charge in [-0.1, -0.05) is 25.7 Å². The van der Waals surface area contributed by atoms with Gasteiger partial charge < -0.3 is 20.5 Å². The molecule has 0 spiro atoms. The fraction of sp³-hybridized carbons (Fsp3) is 0.933. The predicted molar refractivity (Wildman–Crippen MR) is 84.7 cm³/mol. The summed E-state index contributed by atoms with van der Waals surface area (Å²) in [6.07, 6.45) is 6.61.